The fraction of sp³-hybridized carbons (Fsp3) is 0.944. The number of carbonyl (C=O) groups is 1. The minimum absolute atomic E-state index is 0.0637. The Morgan fingerprint density at radius 3 is 1.79 bits per heavy atom. The quantitative estimate of drug-likeness (QED) is 0.409. The summed E-state index contributed by atoms with van der Waals surface area (Å²) in [5, 5.41) is 2.84. The Morgan fingerprint density at radius 1 is 0.792 bits per heavy atom. The van der Waals surface area contributed by atoms with Crippen molar-refractivity contribution in [3.63, 3.8) is 0 Å². The lowest BCUT2D eigenvalue weighted by molar-refractivity contribution is -0.124. The van der Waals surface area contributed by atoms with Gasteiger partial charge in [0.25, 0.3) is 0 Å². The van der Waals surface area contributed by atoms with Crippen LogP contribution < -0.4 is 5.32 Å². The Hall–Kier alpha value is -0.690. The summed E-state index contributed by atoms with van der Waals surface area (Å²) in [6.45, 7) is 13.5. The van der Waals surface area contributed by atoms with Crippen LogP contribution in [0.5, 0.6) is 0 Å². The monoisotopic (exact) mass is 347 g/mol. The van der Waals surface area contributed by atoms with Crippen LogP contribution in [-0.4, -0.2) is 65.3 Å². The van der Waals surface area contributed by atoms with Crippen LogP contribution in [-0.2, 0) is 23.7 Å². The van der Waals surface area contributed by atoms with Crippen molar-refractivity contribution < 1.29 is 23.7 Å². The van der Waals surface area contributed by atoms with Gasteiger partial charge < -0.3 is 24.3 Å². The number of carbonyl (C=O) groups excluding carboxylic acids is 1. The Morgan fingerprint density at radius 2 is 1.29 bits per heavy atom. The van der Waals surface area contributed by atoms with Crippen molar-refractivity contribution in [3.8, 4) is 0 Å². The maximum atomic E-state index is 11.5. The van der Waals surface area contributed by atoms with Crippen LogP contribution in [0.3, 0.4) is 0 Å². The summed E-state index contributed by atoms with van der Waals surface area (Å²) in [6.07, 6.45) is 1.99. The highest BCUT2D eigenvalue weighted by molar-refractivity contribution is 5.78. The number of hydrogen-bond donors (Lipinski definition) is 1. The van der Waals surface area contributed by atoms with Gasteiger partial charge in [0.1, 0.15) is 0 Å². The maximum absolute atomic E-state index is 11.5. The molecule has 0 fully saturated rings. The van der Waals surface area contributed by atoms with E-state index in [0.717, 1.165) is 19.4 Å². The van der Waals surface area contributed by atoms with Gasteiger partial charge in [-0.3, -0.25) is 4.79 Å². The van der Waals surface area contributed by atoms with E-state index in [1.807, 2.05) is 13.8 Å². The van der Waals surface area contributed by atoms with Gasteiger partial charge in [-0.2, -0.15) is 0 Å². The van der Waals surface area contributed by atoms with Crippen LogP contribution in [0, 0.1) is 11.8 Å². The number of ether oxygens (including phenoxy) is 4. The highest BCUT2D eigenvalue weighted by Gasteiger charge is 2.08. The highest BCUT2D eigenvalue weighted by Crippen LogP contribution is 2.00. The predicted octanol–water partition coefficient (Wildman–Crippen LogP) is 2.26. The molecule has 0 aromatic heterocycles. The third-order valence-corrected chi connectivity index (χ3v) is 3.82. The summed E-state index contributed by atoms with van der Waals surface area (Å²) < 4.78 is 21.7. The lowest BCUT2D eigenvalue weighted by atomic mass is 10.1. The zero-order chi connectivity index (χ0) is 18.0. The molecule has 0 spiro atoms. The van der Waals surface area contributed by atoms with Gasteiger partial charge in [-0.1, -0.05) is 34.1 Å². The van der Waals surface area contributed by atoms with E-state index in [9.17, 15) is 4.79 Å². The average Bonchev–Trinajstić information content (AvgIpc) is 2.60. The molecule has 0 saturated carbocycles. The Kier molecular flexibility index (Phi) is 16.7. The standard InChI is InChI=1S/C18H37NO5/c1-5-16(3)15-24-14-13-23-12-11-22-10-9-21-8-7-19-18(20)17(4)6-2/h16-17H,5-15H2,1-4H3,(H,19,20). The first-order valence-corrected chi connectivity index (χ1v) is 9.20. The van der Waals surface area contributed by atoms with Gasteiger partial charge in [-0.15, -0.1) is 0 Å². The van der Waals surface area contributed by atoms with E-state index in [1.165, 1.54) is 0 Å². The molecule has 1 amide bonds. The number of hydrogen-bond acceptors (Lipinski definition) is 5. The van der Waals surface area contributed by atoms with Crippen molar-refractivity contribution in [2.75, 3.05) is 59.4 Å². The maximum Gasteiger partial charge on any atom is 0.222 e. The van der Waals surface area contributed by atoms with Crippen LogP contribution in [0.4, 0.5) is 0 Å². The summed E-state index contributed by atoms with van der Waals surface area (Å²) in [5.74, 6) is 0.758. The van der Waals surface area contributed by atoms with E-state index >= 15 is 0 Å². The van der Waals surface area contributed by atoms with E-state index in [0.29, 0.717) is 58.7 Å². The van der Waals surface area contributed by atoms with Crippen LogP contribution >= 0.6 is 0 Å². The minimum Gasteiger partial charge on any atom is -0.379 e. The lowest BCUT2D eigenvalue weighted by Crippen LogP contribution is -2.31. The Bertz CT molecular complexity index is 289. The van der Waals surface area contributed by atoms with E-state index in [1.54, 1.807) is 0 Å². The molecule has 144 valence electrons. The first-order chi connectivity index (χ1) is 11.6. The number of amides is 1. The minimum atomic E-state index is 0.0637. The Balaban J connectivity index is 3.14. The molecule has 0 aromatic rings. The fourth-order valence-corrected chi connectivity index (χ4v) is 1.67. The summed E-state index contributed by atoms with van der Waals surface area (Å²) in [6, 6.07) is 0. The zero-order valence-corrected chi connectivity index (χ0v) is 16.0. The molecule has 6 heteroatoms. The van der Waals surface area contributed by atoms with E-state index in [4.69, 9.17) is 18.9 Å². The molecular formula is C18H37NO5. The molecule has 0 aliphatic rings. The second-order valence-electron chi connectivity index (χ2n) is 6.03. The van der Waals surface area contributed by atoms with Gasteiger partial charge in [0.05, 0.1) is 46.2 Å². The zero-order valence-electron chi connectivity index (χ0n) is 16.0. The van der Waals surface area contributed by atoms with Crippen molar-refractivity contribution in [1.29, 1.82) is 0 Å². The van der Waals surface area contributed by atoms with Gasteiger partial charge in [-0.25, -0.2) is 0 Å². The molecule has 6 nitrogen and oxygen atoms in total. The number of nitrogens with one attached hydrogen (secondary N) is 1. The largest absolute Gasteiger partial charge is 0.379 e. The second kappa shape index (κ2) is 17.1. The van der Waals surface area contributed by atoms with Gasteiger partial charge in [-0.05, 0) is 12.3 Å². The van der Waals surface area contributed by atoms with Crippen molar-refractivity contribution in [1.82, 2.24) is 5.32 Å². The molecule has 2 unspecified atom stereocenters. The second-order valence-corrected chi connectivity index (χ2v) is 6.03. The molecule has 0 radical (unpaired) electrons. The number of rotatable bonds is 17. The van der Waals surface area contributed by atoms with Crippen LogP contribution in [0.2, 0.25) is 0 Å². The SMILES string of the molecule is CCC(C)COCCOCCOCCOCCNC(=O)C(C)CC. The third kappa shape index (κ3) is 14.9. The molecular weight excluding hydrogens is 310 g/mol. The van der Waals surface area contributed by atoms with E-state index < -0.39 is 0 Å². The predicted molar refractivity (Wildman–Crippen MR) is 95.2 cm³/mol. The molecule has 24 heavy (non-hydrogen) atoms. The fourth-order valence-electron chi connectivity index (χ4n) is 1.67. The molecule has 1 N–H and O–H groups in total. The van der Waals surface area contributed by atoms with Crippen molar-refractivity contribution >= 4 is 5.91 Å². The van der Waals surface area contributed by atoms with E-state index in [2.05, 4.69) is 19.2 Å². The van der Waals surface area contributed by atoms with Crippen LogP contribution in [0.1, 0.15) is 40.5 Å². The molecule has 0 heterocycles. The van der Waals surface area contributed by atoms with Crippen molar-refractivity contribution in [3.05, 3.63) is 0 Å². The van der Waals surface area contributed by atoms with E-state index in [-0.39, 0.29) is 11.8 Å². The van der Waals surface area contributed by atoms with Gasteiger partial charge in [0.15, 0.2) is 0 Å². The highest BCUT2D eigenvalue weighted by atomic mass is 16.6. The van der Waals surface area contributed by atoms with Crippen molar-refractivity contribution in [2.24, 2.45) is 11.8 Å². The molecule has 0 saturated heterocycles. The molecule has 0 aliphatic carbocycles. The third-order valence-electron chi connectivity index (χ3n) is 3.82. The normalized spacial score (nSPS) is 13.7. The molecule has 2 atom stereocenters. The lowest BCUT2D eigenvalue weighted by Gasteiger charge is -2.11. The summed E-state index contributed by atoms with van der Waals surface area (Å²) in [7, 11) is 0. The topological polar surface area (TPSA) is 66.0 Å². The molecule has 0 rings (SSSR count). The first kappa shape index (κ1) is 23.3. The summed E-state index contributed by atoms with van der Waals surface area (Å²) in [5.41, 5.74) is 0. The van der Waals surface area contributed by atoms with Crippen molar-refractivity contribution in [2.45, 2.75) is 40.5 Å². The smallest absolute Gasteiger partial charge is 0.222 e. The molecule has 0 aromatic carbocycles. The van der Waals surface area contributed by atoms with Crippen LogP contribution in [0.25, 0.3) is 0 Å². The summed E-state index contributed by atoms with van der Waals surface area (Å²) >= 11 is 0. The summed E-state index contributed by atoms with van der Waals surface area (Å²) in [4.78, 5) is 11.5. The van der Waals surface area contributed by atoms with Gasteiger partial charge >= 0.3 is 0 Å². The molecule has 0 aliphatic heterocycles. The average molecular weight is 347 g/mol. The van der Waals surface area contributed by atoms with Gasteiger partial charge in [0.2, 0.25) is 5.91 Å². The van der Waals surface area contributed by atoms with Gasteiger partial charge in [0, 0.05) is 19.1 Å². The Labute approximate surface area is 147 Å². The first-order valence-electron chi connectivity index (χ1n) is 9.20. The molecule has 0 bridgehead atoms. The van der Waals surface area contributed by atoms with Crippen LogP contribution in [0.15, 0.2) is 0 Å².